The number of piperidine rings is 1. The molecule has 2 bridgehead atoms. The number of nitrogens with zero attached hydrogens (tertiary/aromatic N) is 4. The van der Waals surface area contributed by atoms with Crippen molar-refractivity contribution >= 4 is 11.3 Å². The largest absolute Gasteiger partial charge is 0.301 e. The highest BCUT2D eigenvalue weighted by atomic mass is 32.1. The lowest BCUT2D eigenvalue weighted by Crippen LogP contribution is -2.32. The summed E-state index contributed by atoms with van der Waals surface area (Å²) in [6.07, 6.45) is 6.63. The summed E-state index contributed by atoms with van der Waals surface area (Å²) in [5.41, 5.74) is 1.85. The second-order valence-electron chi connectivity index (χ2n) is 8.23. The fraction of sp³-hybridized carbons (Fsp3) is 0.833. The fourth-order valence-corrected chi connectivity index (χ4v) is 6.15. The normalized spacial score (nSPS) is 33.2. The minimum Gasteiger partial charge on any atom is -0.301 e. The molecule has 2 atom stereocenters. The highest BCUT2D eigenvalue weighted by Gasteiger charge is 2.61. The van der Waals surface area contributed by atoms with Crippen molar-refractivity contribution in [3.8, 4) is 0 Å². The number of aromatic nitrogens is 2. The molecule has 4 nitrogen and oxygen atoms in total. The molecule has 1 saturated heterocycles. The first-order chi connectivity index (χ1) is 11.0. The smallest absolute Gasteiger partial charge is 0.225 e. The quantitative estimate of drug-likeness (QED) is 0.854. The summed E-state index contributed by atoms with van der Waals surface area (Å²) in [4.78, 5) is 9.62. The summed E-state index contributed by atoms with van der Waals surface area (Å²) in [5.74, 6) is 0.591. The van der Waals surface area contributed by atoms with Gasteiger partial charge in [0.1, 0.15) is 0 Å². The Kier molecular flexibility index (Phi) is 3.84. The maximum Gasteiger partial charge on any atom is 0.225 e. The highest BCUT2D eigenvalue weighted by Crippen LogP contribution is 2.67. The molecule has 23 heavy (non-hydrogen) atoms. The Hall–Kier alpha value is -0.810. The van der Waals surface area contributed by atoms with Crippen molar-refractivity contribution in [3.63, 3.8) is 0 Å². The minimum absolute atomic E-state index is 0.269. The summed E-state index contributed by atoms with van der Waals surface area (Å²) in [6.45, 7) is 11.6. The van der Waals surface area contributed by atoms with Gasteiger partial charge in [-0.2, -0.15) is 5.10 Å². The van der Waals surface area contributed by atoms with E-state index in [0.717, 1.165) is 17.9 Å². The zero-order valence-corrected chi connectivity index (χ0v) is 15.5. The predicted octanol–water partition coefficient (Wildman–Crippen LogP) is 3.10. The van der Waals surface area contributed by atoms with Gasteiger partial charge in [0.05, 0.1) is 12.2 Å². The van der Waals surface area contributed by atoms with E-state index in [4.69, 9.17) is 4.99 Å². The molecule has 0 radical (unpaired) electrons. The second kappa shape index (κ2) is 5.62. The SMILES string of the molecule is CC1(C)[C@H]2CC[C@]1(C)c1sc(=NCCN3CCCCC3)nnc12. The van der Waals surface area contributed by atoms with Gasteiger partial charge < -0.3 is 4.90 Å². The van der Waals surface area contributed by atoms with Crippen LogP contribution >= 0.6 is 11.3 Å². The molecule has 2 fully saturated rings. The maximum atomic E-state index is 4.74. The van der Waals surface area contributed by atoms with Crippen LogP contribution in [0, 0.1) is 5.41 Å². The number of rotatable bonds is 3. The molecular formula is C18H28N4S. The Bertz CT molecular complexity index is 659. The van der Waals surface area contributed by atoms with Crippen molar-refractivity contribution in [3.05, 3.63) is 15.4 Å². The molecule has 0 unspecified atom stereocenters. The van der Waals surface area contributed by atoms with Gasteiger partial charge in [-0.25, -0.2) is 0 Å². The molecule has 2 heterocycles. The van der Waals surface area contributed by atoms with Crippen molar-refractivity contribution in [1.82, 2.24) is 15.1 Å². The van der Waals surface area contributed by atoms with Gasteiger partial charge in [0.25, 0.3) is 0 Å². The molecule has 1 saturated carbocycles. The van der Waals surface area contributed by atoms with Gasteiger partial charge in [0.2, 0.25) is 4.80 Å². The Labute approximate surface area is 143 Å². The standard InChI is InChI=1S/C18H28N4S/c1-17(2)13-7-8-18(17,3)15-14(13)20-21-16(23-15)19-9-12-22-10-5-4-6-11-22/h13H,4-12H2,1-3H3/t13-,18+/m0/s1. The van der Waals surface area contributed by atoms with Crippen LogP contribution in [0.5, 0.6) is 0 Å². The molecule has 0 spiro atoms. The second-order valence-corrected chi connectivity index (χ2v) is 9.21. The molecule has 1 aliphatic heterocycles. The van der Waals surface area contributed by atoms with Crippen molar-refractivity contribution in [2.45, 2.75) is 64.2 Å². The third-order valence-electron chi connectivity index (χ3n) is 6.84. The minimum atomic E-state index is 0.269. The molecule has 3 aliphatic rings. The van der Waals surface area contributed by atoms with Gasteiger partial charge in [0.15, 0.2) is 0 Å². The first-order valence-corrected chi connectivity index (χ1v) is 9.95. The fourth-order valence-electron chi connectivity index (χ4n) is 4.85. The first kappa shape index (κ1) is 15.7. The average Bonchev–Trinajstić information content (AvgIpc) is 2.88. The number of likely N-dealkylation sites (tertiary alicyclic amines) is 1. The van der Waals surface area contributed by atoms with Crippen LogP contribution in [0.2, 0.25) is 0 Å². The third kappa shape index (κ3) is 2.39. The van der Waals surface area contributed by atoms with E-state index in [1.54, 1.807) is 11.3 Å². The third-order valence-corrected chi connectivity index (χ3v) is 8.10. The van der Waals surface area contributed by atoms with Gasteiger partial charge >= 0.3 is 0 Å². The Morgan fingerprint density at radius 2 is 1.96 bits per heavy atom. The number of hydrogen-bond donors (Lipinski definition) is 0. The van der Waals surface area contributed by atoms with E-state index in [1.165, 1.54) is 55.8 Å². The molecule has 1 aromatic heterocycles. The van der Waals surface area contributed by atoms with E-state index in [1.807, 2.05) is 0 Å². The molecule has 0 amide bonds. The Morgan fingerprint density at radius 3 is 2.74 bits per heavy atom. The van der Waals surface area contributed by atoms with E-state index in [-0.39, 0.29) is 5.41 Å². The van der Waals surface area contributed by atoms with Gasteiger partial charge in [-0.1, -0.05) is 38.5 Å². The number of fused-ring (bicyclic) bond motifs is 5. The predicted molar refractivity (Wildman–Crippen MR) is 93.7 cm³/mol. The lowest BCUT2D eigenvalue weighted by molar-refractivity contribution is 0.232. The molecular weight excluding hydrogens is 304 g/mol. The summed E-state index contributed by atoms with van der Waals surface area (Å²) in [7, 11) is 0. The molecule has 4 rings (SSSR count). The van der Waals surface area contributed by atoms with Crippen LogP contribution in [-0.2, 0) is 5.41 Å². The maximum absolute atomic E-state index is 4.74. The number of hydrogen-bond acceptors (Lipinski definition) is 5. The van der Waals surface area contributed by atoms with Crippen molar-refractivity contribution in [2.24, 2.45) is 10.4 Å². The van der Waals surface area contributed by atoms with Crippen molar-refractivity contribution in [1.29, 1.82) is 0 Å². The van der Waals surface area contributed by atoms with Crippen LogP contribution in [0.3, 0.4) is 0 Å². The lowest BCUT2D eigenvalue weighted by atomic mass is 9.71. The van der Waals surface area contributed by atoms with E-state index in [9.17, 15) is 0 Å². The van der Waals surface area contributed by atoms with E-state index < -0.39 is 0 Å². The van der Waals surface area contributed by atoms with Crippen molar-refractivity contribution < 1.29 is 0 Å². The van der Waals surface area contributed by atoms with Gasteiger partial charge in [-0.15, -0.1) is 5.10 Å². The van der Waals surface area contributed by atoms with E-state index in [0.29, 0.717) is 11.3 Å². The van der Waals surface area contributed by atoms with Gasteiger partial charge in [-0.3, -0.25) is 4.99 Å². The molecule has 5 heteroatoms. The van der Waals surface area contributed by atoms with Crippen LogP contribution in [0.15, 0.2) is 4.99 Å². The molecule has 0 aromatic carbocycles. The zero-order chi connectivity index (χ0) is 16.1. The topological polar surface area (TPSA) is 41.4 Å². The summed E-state index contributed by atoms with van der Waals surface area (Å²) in [5, 5.41) is 9.03. The molecule has 2 aliphatic carbocycles. The van der Waals surface area contributed by atoms with Crippen LogP contribution in [0.1, 0.15) is 69.4 Å². The molecule has 126 valence electrons. The molecule has 0 N–H and O–H groups in total. The molecule has 1 aromatic rings. The summed E-state index contributed by atoms with van der Waals surface area (Å²) >= 11 is 1.80. The van der Waals surface area contributed by atoms with Crippen LogP contribution in [-0.4, -0.2) is 41.3 Å². The Balaban J connectivity index is 1.54. The summed E-state index contributed by atoms with van der Waals surface area (Å²) < 4.78 is 0. The van der Waals surface area contributed by atoms with Crippen molar-refractivity contribution in [2.75, 3.05) is 26.2 Å². The van der Waals surface area contributed by atoms with Gasteiger partial charge in [-0.05, 0) is 44.2 Å². The van der Waals surface area contributed by atoms with Crippen LogP contribution in [0.25, 0.3) is 0 Å². The van der Waals surface area contributed by atoms with Crippen LogP contribution < -0.4 is 4.80 Å². The Morgan fingerprint density at radius 1 is 1.17 bits per heavy atom. The lowest BCUT2D eigenvalue weighted by Gasteiger charge is -2.34. The first-order valence-electron chi connectivity index (χ1n) is 9.13. The van der Waals surface area contributed by atoms with Crippen LogP contribution in [0.4, 0.5) is 0 Å². The van der Waals surface area contributed by atoms with E-state index >= 15 is 0 Å². The van der Waals surface area contributed by atoms with E-state index in [2.05, 4.69) is 35.9 Å². The monoisotopic (exact) mass is 332 g/mol. The summed E-state index contributed by atoms with van der Waals surface area (Å²) in [6, 6.07) is 0. The highest BCUT2D eigenvalue weighted by molar-refractivity contribution is 7.09. The average molecular weight is 333 g/mol. The zero-order valence-electron chi connectivity index (χ0n) is 14.6. The van der Waals surface area contributed by atoms with Gasteiger partial charge in [0, 0.05) is 22.8 Å².